The SMILES string of the molecule is [2H]c1c([2H])c(-c2c3ccccc3cc3c2ccc2ccccc23)c([2H])c([2H])c1-c1ccc2c(c1)C(C)(C)c1cc3ccccc3cc1-2. The van der Waals surface area contributed by atoms with Gasteiger partial charge in [0.1, 0.15) is 0 Å². The number of benzene rings is 8. The molecule has 0 heterocycles. The molecule has 0 aliphatic heterocycles. The molecular weight excluding hydrogens is 516 g/mol. The summed E-state index contributed by atoms with van der Waals surface area (Å²) >= 11 is 0. The fraction of sp³-hybridized carbons (Fsp3) is 0.0698. The first kappa shape index (κ1) is 20.6. The van der Waals surface area contributed by atoms with Gasteiger partial charge >= 0.3 is 0 Å². The van der Waals surface area contributed by atoms with Gasteiger partial charge in [-0.3, -0.25) is 0 Å². The lowest BCUT2D eigenvalue weighted by Gasteiger charge is -2.22. The highest BCUT2D eigenvalue weighted by molar-refractivity contribution is 6.20. The second-order valence-electron chi connectivity index (χ2n) is 12.2. The summed E-state index contributed by atoms with van der Waals surface area (Å²) in [5.41, 5.74) is 6.58. The van der Waals surface area contributed by atoms with Crippen molar-refractivity contribution in [3.05, 3.63) is 157 Å². The van der Waals surface area contributed by atoms with Crippen LogP contribution in [0.3, 0.4) is 0 Å². The molecule has 0 nitrogen and oxygen atoms in total. The Bertz CT molecular complexity index is 2620. The van der Waals surface area contributed by atoms with Crippen LogP contribution < -0.4 is 0 Å². The summed E-state index contributed by atoms with van der Waals surface area (Å²) in [6.07, 6.45) is 0. The molecule has 0 amide bonds. The summed E-state index contributed by atoms with van der Waals surface area (Å²) < 4.78 is 37.5. The maximum atomic E-state index is 9.40. The van der Waals surface area contributed by atoms with Crippen LogP contribution in [0.5, 0.6) is 0 Å². The third-order valence-corrected chi connectivity index (χ3v) is 9.48. The van der Waals surface area contributed by atoms with Gasteiger partial charge in [-0.25, -0.2) is 0 Å². The molecule has 0 saturated heterocycles. The molecule has 0 radical (unpaired) electrons. The van der Waals surface area contributed by atoms with Crippen LogP contribution in [0.15, 0.2) is 145 Å². The second kappa shape index (κ2) is 8.90. The fourth-order valence-corrected chi connectivity index (χ4v) is 7.25. The molecule has 202 valence electrons. The van der Waals surface area contributed by atoms with Gasteiger partial charge in [-0.2, -0.15) is 0 Å². The zero-order chi connectivity index (χ0) is 32.2. The van der Waals surface area contributed by atoms with E-state index in [1.807, 2.05) is 36.4 Å². The number of rotatable bonds is 2. The summed E-state index contributed by atoms with van der Waals surface area (Å²) in [6.45, 7) is 4.45. The van der Waals surface area contributed by atoms with Gasteiger partial charge in [0.2, 0.25) is 0 Å². The molecule has 0 saturated carbocycles. The van der Waals surface area contributed by atoms with Gasteiger partial charge < -0.3 is 0 Å². The molecule has 1 aliphatic carbocycles. The van der Waals surface area contributed by atoms with Gasteiger partial charge in [0, 0.05) is 5.41 Å². The molecule has 0 bridgehead atoms. The van der Waals surface area contributed by atoms with Crippen LogP contribution in [-0.2, 0) is 5.41 Å². The number of hydrogen-bond donors (Lipinski definition) is 0. The Kier molecular flexibility index (Phi) is 4.27. The molecule has 0 aromatic heterocycles. The molecule has 9 rings (SSSR count). The molecule has 0 spiro atoms. The maximum Gasteiger partial charge on any atom is 0.0629 e. The third kappa shape index (κ3) is 3.57. The van der Waals surface area contributed by atoms with E-state index in [0.717, 1.165) is 49.0 Å². The van der Waals surface area contributed by atoms with Crippen LogP contribution in [0.4, 0.5) is 0 Å². The molecular formula is C43H30. The van der Waals surface area contributed by atoms with E-state index in [1.54, 1.807) is 0 Å². The van der Waals surface area contributed by atoms with Crippen molar-refractivity contribution >= 4 is 43.1 Å². The van der Waals surface area contributed by atoms with E-state index in [1.165, 1.54) is 21.9 Å². The van der Waals surface area contributed by atoms with Gasteiger partial charge in [0.05, 0.1) is 5.48 Å². The highest BCUT2D eigenvalue weighted by Gasteiger charge is 2.35. The van der Waals surface area contributed by atoms with Crippen molar-refractivity contribution in [3.8, 4) is 33.4 Å². The van der Waals surface area contributed by atoms with Gasteiger partial charge in [-0.1, -0.05) is 135 Å². The molecule has 0 atom stereocenters. The molecule has 0 unspecified atom stereocenters. The van der Waals surface area contributed by atoms with Gasteiger partial charge in [-0.05, 0) is 112 Å². The first-order valence-corrected chi connectivity index (χ1v) is 14.9. The van der Waals surface area contributed by atoms with Crippen molar-refractivity contribution in [2.24, 2.45) is 0 Å². The number of hydrogen-bond acceptors (Lipinski definition) is 0. The van der Waals surface area contributed by atoms with Crippen molar-refractivity contribution in [2.45, 2.75) is 19.3 Å². The van der Waals surface area contributed by atoms with Crippen LogP contribution in [0.25, 0.3) is 76.5 Å². The molecule has 8 aromatic carbocycles. The second-order valence-corrected chi connectivity index (χ2v) is 12.2. The lowest BCUT2D eigenvalue weighted by atomic mass is 9.81. The molecule has 43 heavy (non-hydrogen) atoms. The van der Waals surface area contributed by atoms with Crippen LogP contribution in [-0.4, -0.2) is 0 Å². The van der Waals surface area contributed by atoms with Crippen LogP contribution in [0, 0.1) is 0 Å². The Balaban J connectivity index is 1.28. The van der Waals surface area contributed by atoms with Crippen molar-refractivity contribution in [2.75, 3.05) is 0 Å². The topological polar surface area (TPSA) is 0 Å². The predicted molar refractivity (Wildman–Crippen MR) is 185 cm³/mol. The quantitative estimate of drug-likeness (QED) is 0.148. The Morgan fingerprint density at radius 2 is 1.05 bits per heavy atom. The van der Waals surface area contributed by atoms with Crippen molar-refractivity contribution < 1.29 is 5.48 Å². The highest BCUT2D eigenvalue weighted by atomic mass is 14.4. The third-order valence-electron chi connectivity index (χ3n) is 9.48. The Morgan fingerprint density at radius 1 is 0.419 bits per heavy atom. The predicted octanol–water partition coefficient (Wildman–Crippen LogP) is 11.9. The smallest absolute Gasteiger partial charge is 0.0616 e. The molecule has 1 aliphatic rings. The van der Waals surface area contributed by atoms with E-state index in [-0.39, 0.29) is 29.6 Å². The summed E-state index contributed by atoms with van der Waals surface area (Å²) in [7, 11) is 0. The normalized spacial score (nSPS) is 14.8. The van der Waals surface area contributed by atoms with Crippen LogP contribution in [0.1, 0.15) is 30.5 Å². The Morgan fingerprint density at radius 3 is 1.84 bits per heavy atom. The van der Waals surface area contributed by atoms with E-state index < -0.39 is 0 Å². The van der Waals surface area contributed by atoms with Crippen molar-refractivity contribution in [3.63, 3.8) is 0 Å². The lowest BCUT2D eigenvalue weighted by Crippen LogP contribution is -2.15. The van der Waals surface area contributed by atoms with Gasteiger partial charge in [-0.15, -0.1) is 0 Å². The zero-order valence-corrected chi connectivity index (χ0v) is 24.0. The lowest BCUT2D eigenvalue weighted by molar-refractivity contribution is 0.661. The van der Waals surface area contributed by atoms with E-state index in [9.17, 15) is 5.48 Å². The maximum absolute atomic E-state index is 9.40. The minimum Gasteiger partial charge on any atom is -0.0616 e. The standard InChI is InChI=1S/C43H30/c1-43(2)40-26-32(20-21-36(40)39-23-30-10-3-4-11-31(30)25-41(39)43)27-15-17-29(18-16-27)42-35-14-8-6-12-33(35)24-38-34-13-7-5-9-28(34)19-22-37(38)42/h3-26H,1-2H3/i15D,16D,17D,18D. The monoisotopic (exact) mass is 550 g/mol. The van der Waals surface area contributed by atoms with Crippen molar-refractivity contribution in [1.29, 1.82) is 0 Å². The van der Waals surface area contributed by atoms with E-state index in [4.69, 9.17) is 0 Å². The minimum atomic E-state index is -0.284. The summed E-state index contributed by atoms with van der Waals surface area (Å²) in [5.74, 6) is 0. The van der Waals surface area contributed by atoms with Gasteiger partial charge in [0.15, 0.2) is 0 Å². The first-order valence-electron chi connectivity index (χ1n) is 16.9. The van der Waals surface area contributed by atoms with Crippen molar-refractivity contribution in [1.82, 2.24) is 0 Å². The fourth-order valence-electron chi connectivity index (χ4n) is 7.25. The highest BCUT2D eigenvalue weighted by Crippen LogP contribution is 2.51. The molecule has 8 aromatic rings. The van der Waals surface area contributed by atoms with E-state index in [0.29, 0.717) is 16.7 Å². The molecule has 0 heteroatoms. The summed E-state index contributed by atoms with van der Waals surface area (Å²) in [6, 6.07) is 41.6. The van der Waals surface area contributed by atoms with Gasteiger partial charge in [0.25, 0.3) is 0 Å². The first-order chi connectivity index (χ1) is 22.7. The van der Waals surface area contributed by atoms with Crippen LogP contribution in [0.2, 0.25) is 0 Å². The molecule has 0 N–H and O–H groups in total. The Labute approximate surface area is 257 Å². The van der Waals surface area contributed by atoms with Crippen LogP contribution >= 0.6 is 0 Å². The minimum absolute atomic E-state index is 0.0260. The largest absolute Gasteiger partial charge is 0.0629 e. The van der Waals surface area contributed by atoms with E-state index >= 15 is 0 Å². The van der Waals surface area contributed by atoms with E-state index in [2.05, 4.69) is 98.8 Å². The summed E-state index contributed by atoms with van der Waals surface area (Å²) in [4.78, 5) is 0. The summed E-state index contributed by atoms with van der Waals surface area (Å²) in [5, 5.41) is 8.48. The average molecular weight is 551 g/mol. The Hall–Kier alpha value is -5.20. The molecule has 0 fully saturated rings. The zero-order valence-electron chi connectivity index (χ0n) is 28.0. The average Bonchev–Trinajstić information content (AvgIpc) is 3.31. The number of fused-ring (bicyclic) bond motifs is 8.